The van der Waals surface area contributed by atoms with E-state index >= 15 is 0 Å². The van der Waals surface area contributed by atoms with Crippen LogP contribution in [0.2, 0.25) is 0 Å². The van der Waals surface area contributed by atoms with Gasteiger partial charge in [-0.2, -0.15) is 13.2 Å². The van der Waals surface area contributed by atoms with Crippen LogP contribution in [0.1, 0.15) is 50.8 Å². The number of methoxy groups -OCH3 is 1. The molecule has 1 amide bonds. The monoisotopic (exact) mass is 467 g/mol. The third-order valence-corrected chi connectivity index (χ3v) is 5.86. The van der Waals surface area contributed by atoms with Crippen LogP contribution in [0.4, 0.5) is 13.2 Å². The molecule has 0 radical (unpaired) electrons. The molecule has 1 N–H and O–H groups in total. The summed E-state index contributed by atoms with van der Waals surface area (Å²) in [6.45, 7) is 5.53. The molecule has 1 aromatic rings. The number of hydrogen-bond acceptors (Lipinski definition) is 6. The summed E-state index contributed by atoms with van der Waals surface area (Å²) in [6.07, 6.45) is -4.00. The van der Waals surface area contributed by atoms with Crippen LogP contribution in [0.15, 0.2) is 51.6 Å². The van der Waals surface area contributed by atoms with Crippen LogP contribution >= 0.6 is 11.8 Å². The maximum Gasteiger partial charge on any atom is 0.416 e. The fraction of sp³-hybridized carbons (Fsp3) is 0.409. The molecule has 0 aromatic heterocycles. The molecular formula is C22H24F3N3O3S. The third kappa shape index (κ3) is 4.85. The molecule has 2 aliphatic heterocycles. The van der Waals surface area contributed by atoms with Gasteiger partial charge in [0.15, 0.2) is 5.17 Å². The van der Waals surface area contributed by atoms with E-state index in [0.29, 0.717) is 28.5 Å². The zero-order valence-electron chi connectivity index (χ0n) is 18.1. The highest BCUT2D eigenvalue weighted by molar-refractivity contribution is 8.16. The van der Waals surface area contributed by atoms with Crippen LogP contribution in [-0.2, 0) is 20.5 Å². The number of benzene rings is 1. The highest BCUT2D eigenvalue weighted by Gasteiger charge is 2.42. The Morgan fingerprint density at radius 2 is 1.91 bits per heavy atom. The highest BCUT2D eigenvalue weighted by Crippen LogP contribution is 2.45. The second-order valence-corrected chi connectivity index (χ2v) is 8.45. The van der Waals surface area contributed by atoms with E-state index in [9.17, 15) is 22.8 Å². The number of carbonyl (C=O) groups excluding carboxylic acids is 2. The van der Waals surface area contributed by atoms with E-state index in [1.165, 1.54) is 31.0 Å². The number of rotatable bonds is 6. The summed E-state index contributed by atoms with van der Waals surface area (Å²) < 4.78 is 44.3. The number of esters is 1. The summed E-state index contributed by atoms with van der Waals surface area (Å²) in [6, 6.07) is 3.86. The van der Waals surface area contributed by atoms with Crippen molar-refractivity contribution in [3.63, 3.8) is 0 Å². The third-order valence-electron chi connectivity index (χ3n) is 4.97. The first-order chi connectivity index (χ1) is 15.1. The SMILES string of the molecule is CCC1=C(C(=O)OC)C(c2ccc(C(F)(F)F)cc2)N2C(CC(=O)NC(C)C)=CSC2=N1. The summed E-state index contributed by atoms with van der Waals surface area (Å²) in [5.74, 6) is -0.818. The Morgan fingerprint density at radius 3 is 2.44 bits per heavy atom. The fourth-order valence-corrected chi connectivity index (χ4v) is 4.56. The Balaban J connectivity index is 2.08. The van der Waals surface area contributed by atoms with E-state index in [4.69, 9.17) is 4.74 Å². The van der Waals surface area contributed by atoms with Crippen molar-refractivity contribution >= 4 is 28.8 Å². The largest absolute Gasteiger partial charge is 0.466 e. The zero-order chi connectivity index (χ0) is 23.6. The standard InChI is InChI=1S/C22H24F3N3O3S/c1-5-16-18(20(30)31-4)19(13-6-8-14(9-7-13)22(23,24)25)28-15(11-32-21(28)27-16)10-17(29)26-12(2)3/h6-9,11-12,19H,5,10H2,1-4H3,(H,26,29). The molecule has 0 fully saturated rings. The first-order valence-electron chi connectivity index (χ1n) is 10.1. The number of allylic oxidation sites excluding steroid dienone is 1. The molecule has 172 valence electrons. The molecule has 0 saturated heterocycles. The molecule has 0 spiro atoms. The molecule has 1 aromatic carbocycles. The summed E-state index contributed by atoms with van der Waals surface area (Å²) in [7, 11) is 1.25. The molecule has 1 unspecified atom stereocenters. The number of amidine groups is 1. The van der Waals surface area contributed by atoms with Crippen molar-refractivity contribution in [3.8, 4) is 0 Å². The number of carbonyl (C=O) groups is 2. The van der Waals surface area contributed by atoms with Crippen molar-refractivity contribution in [2.45, 2.75) is 51.9 Å². The van der Waals surface area contributed by atoms with E-state index < -0.39 is 23.8 Å². The summed E-state index contributed by atoms with van der Waals surface area (Å²) in [4.78, 5) is 31.5. The van der Waals surface area contributed by atoms with Gasteiger partial charge in [-0.05, 0) is 43.4 Å². The van der Waals surface area contributed by atoms with E-state index in [1.54, 1.807) is 10.3 Å². The van der Waals surface area contributed by atoms with E-state index in [0.717, 1.165) is 12.1 Å². The molecule has 32 heavy (non-hydrogen) atoms. The lowest BCUT2D eigenvalue weighted by Crippen LogP contribution is -2.38. The second-order valence-electron chi connectivity index (χ2n) is 7.62. The predicted molar refractivity (Wildman–Crippen MR) is 116 cm³/mol. The van der Waals surface area contributed by atoms with Gasteiger partial charge in [0.1, 0.15) is 0 Å². The molecule has 2 heterocycles. The number of nitrogens with one attached hydrogen (secondary N) is 1. The summed E-state index contributed by atoms with van der Waals surface area (Å²) in [5.41, 5.74) is 1.04. The second kappa shape index (κ2) is 9.40. The zero-order valence-corrected chi connectivity index (χ0v) is 18.9. The Bertz CT molecular complexity index is 998. The number of aliphatic imine (C=N–C) groups is 1. The molecular weight excluding hydrogens is 443 g/mol. The Labute approximate surface area is 188 Å². The van der Waals surface area contributed by atoms with Gasteiger partial charge in [0.2, 0.25) is 5.91 Å². The summed E-state index contributed by atoms with van der Waals surface area (Å²) >= 11 is 1.31. The van der Waals surface area contributed by atoms with Crippen LogP contribution in [0.5, 0.6) is 0 Å². The van der Waals surface area contributed by atoms with Gasteiger partial charge < -0.3 is 15.0 Å². The van der Waals surface area contributed by atoms with Gasteiger partial charge in [0.25, 0.3) is 0 Å². The smallest absolute Gasteiger partial charge is 0.416 e. The molecule has 0 bridgehead atoms. The minimum absolute atomic E-state index is 0.0389. The van der Waals surface area contributed by atoms with Crippen LogP contribution in [0.3, 0.4) is 0 Å². The molecule has 2 aliphatic rings. The lowest BCUT2D eigenvalue weighted by molar-refractivity contribution is -0.138. The number of thioether (sulfide) groups is 1. The van der Waals surface area contributed by atoms with Crippen molar-refractivity contribution in [3.05, 3.63) is 57.8 Å². The number of hydrogen-bond donors (Lipinski definition) is 1. The van der Waals surface area contributed by atoms with Gasteiger partial charge in [-0.3, -0.25) is 4.79 Å². The van der Waals surface area contributed by atoms with Gasteiger partial charge >= 0.3 is 12.1 Å². The first-order valence-corrected chi connectivity index (χ1v) is 11.0. The summed E-state index contributed by atoms with van der Waals surface area (Å²) in [5, 5.41) is 5.17. The van der Waals surface area contributed by atoms with Crippen LogP contribution in [0.25, 0.3) is 0 Å². The quantitative estimate of drug-likeness (QED) is 0.611. The first kappa shape index (κ1) is 23.9. The van der Waals surface area contributed by atoms with Crippen molar-refractivity contribution in [1.29, 1.82) is 0 Å². The number of nitrogens with zero attached hydrogens (tertiary/aromatic N) is 2. The van der Waals surface area contributed by atoms with Crippen molar-refractivity contribution < 1.29 is 27.5 Å². The van der Waals surface area contributed by atoms with Crippen LogP contribution in [-0.4, -0.2) is 35.1 Å². The number of halogens is 3. The predicted octanol–water partition coefficient (Wildman–Crippen LogP) is 4.76. The van der Waals surface area contributed by atoms with E-state index in [2.05, 4.69) is 10.3 Å². The fourth-order valence-electron chi connectivity index (χ4n) is 3.62. The molecule has 6 nitrogen and oxygen atoms in total. The number of alkyl halides is 3. The molecule has 0 saturated carbocycles. The molecule has 1 atom stereocenters. The van der Waals surface area contributed by atoms with Crippen molar-refractivity contribution in [2.75, 3.05) is 7.11 Å². The average Bonchev–Trinajstić information content (AvgIpc) is 3.12. The van der Waals surface area contributed by atoms with E-state index in [-0.39, 0.29) is 23.9 Å². The van der Waals surface area contributed by atoms with Gasteiger partial charge in [0, 0.05) is 11.7 Å². The maximum atomic E-state index is 13.1. The number of amides is 1. The average molecular weight is 468 g/mol. The van der Waals surface area contributed by atoms with Crippen LogP contribution < -0.4 is 5.32 Å². The Kier molecular flexibility index (Phi) is 7.02. The number of ether oxygens (including phenoxy) is 1. The Hall–Kier alpha value is -2.75. The normalized spacial score (nSPS) is 18.4. The maximum absolute atomic E-state index is 13.1. The molecule has 3 rings (SSSR count). The molecule has 0 aliphatic carbocycles. The minimum Gasteiger partial charge on any atom is -0.466 e. The van der Waals surface area contributed by atoms with Crippen LogP contribution in [0, 0.1) is 0 Å². The molecule has 10 heteroatoms. The van der Waals surface area contributed by atoms with Gasteiger partial charge in [-0.25, -0.2) is 9.79 Å². The lowest BCUT2D eigenvalue weighted by atomic mass is 9.92. The van der Waals surface area contributed by atoms with Gasteiger partial charge in [-0.1, -0.05) is 30.8 Å². The van der Waals surface area contributed by atoms with Gasteiger partial charge in [-0.15, -0.1) is 0 Å². The van der Waals surface area contributed by atoms with Crippen molar-refractivity contribution in [2.24, 2.45) is 4.99 Å². The van der Waals surface area contributed by atoms with Crippen molar-refractivity contribution in [1.82, 2.24) is 10.2 Å². The topological polar surface area (TPSA) is 71.0 Å². The minimum atomic E-state index is -4.48. The number of fused-ring (bicyclic) bond motifs is 1. The lowest BCUT2D eigenvalue weighted by Gasteiger charge is -2.36. The van der Waals surface area contributed by atoms with E-state index in [1.807, 2.05) is 20.8 Å². The highest BCUT2D eigenvalue weighted by atomic mass is 32.2. The Morgan fingerprint density at radius 1 is 1.25 bits per heavy atom. The van der Waals surface area contributed by atoms with Gasteiger partial charge in [0.05, 0.1) is 36.4 Å².